The molecule has 0 aromatic carbocycles. The van der Waals surface area contributed by atoms with Crippen LogP contribution in [0.2, 0.25) is 0 Å². The molecular formula is C18H27N4NaO7S4. The first-order chi connectivity index (χ1) is 16.0. The summed E-state index contributed by atoms with van der Waals surface area (Å²) in [4.78, 5) is 50.5. The fourth-order valence-corrected chi connectivity index (χ4v) is 6.89. The molecule has 3 atom stereocenters. The number of thioether (sulfide) groups is 1. The third-order valence-electron chi connectivity index (χ3n) is 4.94. The van der Waals surface area contributed by atoms with Crippen LogP contribution in [-0.2, 0) is 30.8 Å². The summed E-state index contributed by atoms with van der Waals surface area (Å²) >= 11 is 1.20. The number of urea groups is 1. The van der Waals surface area contributed by atoms with Gasteiger partial charge in [0, 0.05) is 29.1 Å². The standard InChI is InChI=1S/C18H27N4O5S3.Na.O2S/c23-14-4-5-15(24)22(14)27-16(25)6-9-29-30-10-8-19-7-2-1-3-13-17-12(11-28-13)20-18(26)21-17;;1-3-2/h4,12-13,17,19H,1-3,5-11H2,(H2,20,21,26);;/q-1;+1;/t12-,13?,17-;;/m0../s1. The molecule has 3 rings (SSSR count). The van der Waals surface area contributed by atoms with Crippen LogP contribution < -0.4 is 45.5 Å². The fourth-order valence-electron chi connectivity index (χ4n) is 3.43. The normalized spacial score (nSPS) is 22.5. The van der Waals surface area contributed by atoms with E-state index in [1.807, 2.05) is 11.8 Å². The van der Waals surface area contributed by atoms with Gasteiger partial charge in [0.05, 0.1) is 18.5 Å². The van der Waals surface area contributed by atoms with Crippen molar-refractivity contribution < 1.29 is 62.0 Å². The number of hydrogen-bond acceptors (Lipinski definition) is 11. The molecule has 3 aliphatic rings. The monoisotopic (exact) mass is 562 g/mol. The second-order valence-corrected chi connectivity index (χ2v) is 11.3. The van der Waals surface area contributed by atoms with Crippen molar-refractivity contribution in [3.8, 4) is 0 Å². The van der Waals surface area contributed by atoms with E-state index in [-0.39, 0.29) is 54.5 Å². The van der Waals surface area contributed by atoms with Crippen LogP contribution in [0.5, 0.6) is 0 Å². The van der Waals surface area contributed by atoms with Crippen LogP contribution in [-0.4, -0.2) is 85.0 Å². The first-order valence-corrected chi connectivity index (χ1v) is 14.6. The van der Waals surface area contributed by atoms with E-state index in [2.05, 4.69) is 16.0 Å². The van der Waals surface area contributed by atoms with Gasteiger partial charge in [-0.3, -0.25) is 11.2 Å². The second kappa shape index (κ2) is 17.9. The molecule has 0 aromatic heterocycles. The molecule has 186 valence electrons. The van der Waals surface area contributed by atoms with Crippen molar-refractivity contribution in [2.24, 2.45) is 0 Å². The molecule has 0 aliphatic carbocycles. The van der Waals surface area contributed by atoms with Gasteiger partial charge in [0.1, 0.15) is 5.91 Å². The average molecular weight is 563 g/mol. The maximum atomic E-state index is 11.7. The number of nitrogens with zero attached hydrogens (tertiary/aromatic N) is 1. The molecule has 0 radical (unpaired) electrons. The molecule has 16 heteroatoms. The van der Waals surface area contributed by atoms with Crippen LogP contribution in [0.1, 0.15) is 32.1 Å². The van der Waals surface area contributed by atoms with Crippen LogP contribution in [0.3, 0.4) is 0 Å². The predicted molar refractivity (Wildman–Crippen MR) is 128 cm³/mol. The van der Waals surface area contributed by atoms with E-state index >= 15 is 0 Å². The van der Waals surface area contributed by atoms with Crippen LogP contribution in [0, 0.1) is 6.42 Å². The summed E-state index contributed by atoms with van der Waals surface area (Å²) < 4.78 is 16.6. The smallest absolute Gasteiger partial charge is 0.333 e. The molecule has 1 unspecified atom stereocenters. The SMILES string of the molecule is O=C1N[C@H]2CSC(CCCCNCCSSCCC(=O)ON3C(=O)[CH-]CC3=O)[C@H]2N1.O=S=O.[Na+]. The van der Waals surface area contributed by atoms with Crippen LogP contribution in [0.15, 0.2) is 0 Å². The minimum Gasteiger partial charge on any atom is -0.333 e. The summed E-state index contributed by atoms with van der Waals surface area (Å²) in [5, 5.41) is 10.5. The van der Waals surface area contributed by atoms with Gasteiger partial charge in [-0.2, -0.15) is 20.2 Å². The number of carbonyl (C=O) groups excluding carboxylic acids is 4. The average Bonchev–Trinajstić information content (AvgIpc) is 3.43. The molecule has 4 amide bonds. The zero-order chi connectivity index (χ0) is 24.1. The van der Waals surface area contributed by atoms with Gasteiger partial charge in [0.15, 0.2) is 0 Å². The van der Waals surface area contributed by atoms with E-state index in [0.717, 1.165) is 43.9 Å². The van der Waals surface area contributed by atoms with Gasteiger partial charge in [-0.1, -0.05) is 34.4 Å². The Bertz CT molecular complexity index is 729. The second-order valence-electron chi connectivity index (χ2n) is 7.23. The number of carbonyl (C=O) groups is 4. The first-order valence-electron chi connectivity index (χ1n) is 10.4. The molecule has 0 spiro atoms. The van der Waals surface area contributed by atoms with Crippen molar-refractivity contribution in [3.05, 3.63) is 6.42 Å². The Labute approximate surface area is 236 Å². The van der Waals surface area contributed by atoms with Crippen molar-refractivity contribution in [3.63, 3.8) is 0 Å². The molecule has 3 N–H and O–H groups in total. The number of unbranched alkanes of at least 4 members (excludes halogenated alkanes) is 1. The summed E-state index contributed by atoms with van der Waals surface area (Å²) in [6.45, 7) is 1.88. The molecule has 0 bridgehead atoms. The number of nitrogens with one attached hydrogen (secondary N) is 3. The molecular weight excluding hydrogens is 535 g/mol. The van der Waals surface area contributed by atoms with Gasteiger partial charge in [0.25, 0.3) is 0 Å². The number of imide groups is 1. The van der Waals surface area contributed by atoms with E-state index in [1.54, 1.807) is 21.6 Å². The van der Waals surface area contributed by atoms with Crippen LogP contribution in [0.4, 0.5) is 4.79 Å². The molecule has 3 aliphatic heterocycles. The molecule has 11 nitrogen and oxygen atoms in total. The quantitative estimate of drug-likeness (QED) is 0.0543. The van der Waals surface area contributed by atoms with Gasteiger partial charge >= 0.3 is 53.1 Å². The van der Waals surface area contributed by atoms with Crippen molar-refractivity contribution in [1.82, 2.24) is 21.0 Å². The Morgan fingerprint density at radius 1 is 1.15 bits per heavy atom. The van der Waals surface area contributed by atoms with Crippen LogP contribution in [0.25, 0.3) is 0 Å². The van der Waals surface area contributed by atoms with E-state index in [4.69, 9.17) is 13.3 Å². The Hall–Kier alpha value is -0.420. The maximum absolute atomic E-state index is 11.7. The van der Waals surface area contributed by atoms with E-state index in [1.165, 1.54) is 6.42 Å². The molecule has 3 heterocycles. The molecule has 3 fully saturated rings. The number of hydroxylamine groups is 2. The molecule has 3 saturated heterocycles. The van der Waals surface area contributed by atoms with Gasteiger partial charge in [-0.15, -0.1) is 5.06 Å². The number of fused-ring (bicyclic) bond motifs is 1. The van der Waals surface area contributed by atoms with E-state index in [9.17, 15) is 19.2 Å². The Morgan fingerprint density at radius 3 is 2.59 bits per heavy atom. The summed E-state index contributed by atoms with van der Waals surface area (Å²) in [5.74, 6) is 0.850. The minimum atomic E-state index is -0.750. The molecule has 34 heavy (non-hydrogen) atoms. The number of amides is 4. The topological polar surface area (TPSA) is 151 Å². The maximum Gasteiger partial charge on any atom is 1.00 e. The van der Waals surface area contributed by atoms with Crippen molar-refractivity contribution in [2.45, 2.75) is 49.4 Å². The summed E-state index contributed by atoms with van der Waals surface area (Å²) in [5.41, 5.74) is 0. The van der Waals surface area contributed by atoms with E-state index < -0.39 is 29.4 Å². The Morgan fingerprint density at radius 2 is 1.88 bits per heavy atom. The first kappa shape index (κ1) is 31.6. The predicted octanol–water partition coefficient (Wildman–Crippen LogP) is -2.56. The third kappa shape index (κ3) is 11.1. The summed E-state index contributed by atoms with van der Waals surface area (Å²) in [6.07, 6.45) is 4.73. The van der Waals surface area contributed by atoms with Gasteiger partial charge in [-0.25, -0.2) is 9.59 Å². The largest absolute Gasteiger partial charge is 1.00 e. The van der Waals surface area contributed by atoms with Crippen LogP contribution >= 0.6 is 33.3 Å². The van der Waals surface area contributed by atoms with Gasteiger partial charge in [0.2, 0.25) is 5.91 Å². The summed E-state index contributed by atoms with van der Waals surface area (Å²) in [7, 11) is 3.25. The minimum absolute atomic E-state index is 0. The number of rotatable bonds is 13. The zero-order valence-electron chi connectivity index (χ0n) is 18.8. The summed E-state index contributed by atoms with van der Waals surface area (Å²) in [6, 6.07) is 0.557. The van der Waals surface area contributed by atoms with Crippen molar-refractivity contribution in [2.75, 3.05) is 30.3 Å². The third-order valence-corrected chi connectivity index (χ3v) is 8.85. The van der Waals surface area contributed by atoms with Gasteiger partial charge in [-0.05, 0) is 19.4 Å². The Kier molecular flexibility index (Phi) is 16.7. The van der Waals surface area contributed by atoms with E-state index in [0.29, 0.717) is 22.1 Å². The number of hydrogen-bond donors (Lipinski definition) is 3. The molecule has 0 saturated carbocycles. The fraction of sp³-hybridized carbons (Fsp3) is 0.722. The zero-order valence-corrected chi connectivity index (χ0v) is 24.1. The molecule has 0 aromatic rings. The Balaban J connectivity index is 0.00000137. The van der Waals surface area contributed by atoms with Gasteiger partial charge < -0.3 is 25.6 Å². The van der Waals surface area contributed by atoms with Crippen molar-refractivity contribution in [1.29, 1.82) is 0 Å². The van der Waals surface area contributed by atoms with Crippen molar-refractivity contribution >= 4 is 68.7 Å².